The van der Waals surface area contributed by atoms with Gasteiger partial charge in [-0.25, -0.2) is 24.4 Å². The summed E-state index contributed by atoms with van der Waals surface area (Å²) in [5.74, 6) is -1.44. The number of likely N-dealkylation sites (tertiary alicyclic amines) is 3. The summed E-state index contributed by atoms with van der Waals surface area (Å²) in [6.07, 6.45) is -9.66. The number of anilines is 4. The fourth-order valence-electron chi connectivity index (χ4n) is 10.5. The van der Waals surface area contributed by atoms with Gasteiger partial charge in [-0.2, -0.15) is 26.3 Å². The van der Waals surface area contributed by atoms with E-state index in [1.165, 1.54) is 15.9 Å². The zero-order chi connectivity index (χ0) is 58.4. The number of halogens is 7. The van der Waals surface area contributed by atoms with Gasteiger partial charge in [0.1, 0.15) is 17.3 Å². The van der Waals surface area contributed by atoms with E-state index in [4.69, 9.17) is 14.6 Å². The molecular formula is C56H71ClF6N10O9. The summed E-state index contributed by atoms with van der Waals surface area (Å²) < 4.78 is 87.2. The molecule has 5 amide bonds. The van der Waals surface area contributed by atoms with Crippen molar-refractivity contribution < 1.29 is 70.3 Å². The van der Waals surface area contributed by atoms with Crippen molar-refractivity contribution in [2.24, 2.45) is 11.8 Å². The van der Waals surface area contributed by atoms with Gasteiger partial charge in [-0.1, -0.05) is 12.1 Å². The molecule has 6 aliphatic heterocycles. The number of morpholine rings is 2. The van der Waals surface area contributed by atoms with Crippen LogP contribution in [-0.4, -0.2) is 192 Å². The molecule has 6 N–H and O–H groups in total. The van der Waals surface area contributed by atoms with E-state index in [9.17, 15) is 55.7 Å². The number of aromatic carboxylic acids is 1. The van der Waals surface area contributed by atoms with Crippen LogP contribution in [0, 0.1) is 25.7 Å². The molecule has 4 aromatic rings. The van der Waals surface area contributed by atoms with Crippen molar-refractivity contribution in [3.05, 3.63) is 83.2 Å². The van der Waals surface area contributed by atoms with Crippen LogP contribution in [0.1, 0.15) is 71.6 Å². The number of nitrogens with one attached hydrogen (secondary N) is 3. The summed E-state index contributed by atoms with van der Waals surface area (Å²) in [6, 6.07) is 16.7. The van der Waals surface area contributed by atoms with E-state index in [-0.39, 0.29) is 74.6 Å². The van der Waals surface area contributed by atoms with E-state index in [2.05, 4.69) is 30.8 Å². The maximum Gasteiger partial charge on any atom is 0.389 e. The molecule has 2 aromatic heterocycles. The lowest BCUT2D eigenvalue weighted by Crippen LogP contribution is -2.61. The van der Waals surface area contributed by atoms with Gasteiger partial charge in [-0.3, -0.25) is 4.79 Å². The third kappa shape index (κ3) is 17.3. The molecule has 82 heavy (non-hydrogen) atoms. The number of aliphatic hydroxyl groups is 2. The molecule has 8 heterocycles. The highest BCUT2D eigenvalue weighted by Gasteiger charge is 2.41. The van der Waals surface area contributed by atoms with Crippen molar-refractivity contribution in [2.45, 2.75) is 76.9 Å². The molecule has 0 spiro atoms. The predicted molar refractivity (Wildman–Crippen MR) is 298 cm³/mol. The van der Waals surface area contributed by atoms with E-state index in [1.54, 1.807) is 48.2 Å². The molecule has 6 fully saturated rings. The number of hydrogen-bond donors (Lipinski definition) is 6. The smallest absolute Gasteiger partial charge is 0.389 e. The molecule has 0 aliphatic carbocycles. The van der Waals surface area contributed by atoms with Crippen LogP contribution in [0.2, 0.25) is 0 Å². The van der Waals surface area contributed by atoms with Gasteiger partial charge in [0, 0.05) is 89.7 Å². The number of aryl methyl sites for hydroxylation is 2. The number of carbonyl (C=O) groups excluding carboxylic acids is 3. The summed E-state index contributed by atoms with van der Waals surface area (Å²) in [7, 11) is 0. The van der Waals surface area contributed by atoms with Crippen molar-refractivity contribution in [1.82, 2.24) is 30.0 Å². The Morgan fingerprint density at radius 1 is 0.622 bits per heavy atom. The standard InChI is InChI=1S/C28H34F3N5O4.C24H27F3N4O4.C4H9NO.ClH/c1-18-3-4-21(32-26(38)35-6-5-19(15-35)14-28(29,30)31)13-22(18)20-11-23(25(37)36-16-27(2,39)17-36)33-24(12-20)34-7-9-40-10-8-34;1-15-2-3-18(28-23(34)31-5-4-16(14-31)13-24(25,26)27)12-19(15)17-10-20(22(32)33)29-21(11-17)30-6-8-35-9-7-30;1-4(6)2-5-3-4;/h3-4,11-13,19,39H,5-10,14-17H2,1-2H3,(H,32,38);2-3,10-12,16H,4-9,13-14H2,1H3,(H,28,34)(H,32,33);5-6H,2-3H2,1H3;1H/t19-;16-;;/m00../s1. The van der Waals surface area contributed by atoms with Crippen LogP contribution in [0.3, 0.4) is 0 Å². The van der Waals surface area contributed by atoms with Crippen LogP contribution < -0.4 is 25.8 Å². The van der Waals surface area contributed by atoms with Crippen molar-refractivity contribution in [2.75, 3.05) is 125 Å². The highest BCUT2D eigenvalue weighted by Crippen LogP contribution is 2.36. The highest BCUT2D eigenvalue weighted by atomic mass is 35.5. The Morgan fingerprint density at radius 3 is 1.39 bits per heavy atom. The maximum absolute atomic E-state index is 13.3. The first kappa shape index (κ1) is 63.1. The lowest BCUT2D eigenvalue weighted by molar-refractivity contribution is -0.144. The van der Waals surface area contributed by atoms with E-state index in [0.717, 1.165) is 40.9 Å². The molecule has 0 bridgehead atoms. The maximum atomic E-state index is 13.3. The van der Waals surface area contributed by atoms with Gasteiger partial charge in [0.05, 0.1) is 50.7 Å². The number of rotatable bonds is 10. The van der Waals surface area contributed by atoms with E-state index < -0.39 is 60.7 Å². The Morgan fingerprint density at radius 2 is 1.02 bits per heavy atom. The third-order valence-corrected chi connectivity index (χ3v) is 14.9. The lowest BCUT2D eigenvalue weighted by atomic mass is 9.95. The number of carboxylic acid groups (broad SMARTS) is 1. The van der Waals surface area contributed by atoms with Crippen LogP contribution >= 0.6 is 12.4 Å². The number of pyridine rings is 2. The fourth-order valence-corrected chi connectivity index (χ4v) is 10.5. The summed E-state index contributed by atoms with van der Waals surface area (Å²) in [6.45, 7) is 14.5. The third-order valence-electron chi connectivity index (χ3n) is 14.9. The number of amides is 5. The number of aromatic nitrogens is 2. The number of carboxylic acids is 1. The second kappa shape index (κ2) is 26.4. The quantitative estimate of drug-likeness (QED) is 0.0827. The Kier molecular flexibility index (Phi) is 20.3. The predicted octanol–water partition coefficient (Wildman–Crippen LogP) is 8.07. The summed E-state index contributed by atoms with van der Waals surface area (Å²) >= 11 is 0. The minimum atomic E-state index is -4.25. The molecule has 26 heteroatoms. The zero-order valence-electron chi connectivity index (χ0n) is 46.2. The monoisotopic (exact) mass is 1180 g/mol. The Balaban J connectivity index is 0.000000213. The van der Waals surface area contributed by atoms with E-state index >= 15 is 0 Å². The summed E-state index contributed by atoms with van der Waals surface area (Å²) in [4.78, 5) is 67.9. The number of ether oxygens (including phenoxy) is 2. The van der Waals surface area contributed by atoms with Crippen molar-refractivity contribution >= 4 is 59.4 Å². The minimum absolute atomic E-state index is 0. The highest BCUT2D eigenvalue weighted by molar-refractivity contribution is 5.96. The number of alkyl halides is 6. The van der Waals surface area contributed by atoms with Crippen LogP contribution in [0.15, 0.2) is 60.7 Å². The molecule has 10 rings (SSSR count). The molecule has 6 aliphatic rings. The molecule has 0 radical (unpaired) electrons. The Labute approximate surface area is 477 Å². The Hall–Kier alpha value is -6.51. The van der Waals surface area contributed by atoms with Gasteiger partial charge >= 0.3 is 30.4 Å². The number of β-amino-alcohol motifs (C(OH)–C–C–N with tert-alkyl or cyclic N) is 2. The molecule has 448 valence electrons. The van der Waals surface area contributed by atoms with Crippen molar-refractivity contribution in [3.63, 3.8) is 0 Å². The SMILES string of the molecule is CC1(O)CNC1.Cc1ccc(NC(=O)N2CC[C@@H](CC(F)(F)F)C2)cc1-c1cc(C(=O)N2CC(C)(O)C2)nc(N2CCOCC2)c1.Cc1ccc(NC(=O)N2CC[C@@H](CC(F)(F)F)C2)cc1-c1cc(C(=O)O)nc(N2CCOCC2)c1.Cl. The van der Waals surface area contributed by atoms with Crippen LogP contribution in [0.4, 0.5) is 58.9 Å². The number of urea groups is 2. The van der Waals surface area contributed by atoms with Crippen LogP contribution in [0.25, 0.3) is 22.3 Å². The molecule has 0 unspecified atom stereocenters. The molecule has 0 saturated carbocycles. The topological polar surface area (TPSA) is 225 Å². The first-order chi connectivity index (χ1) is 38.2. The van der Waals surface area contributed by atoms with Gasteiger partial charge in [0.2, 0.25) is 0 Å². The van der Waals surface area contributed by atoms with Gasteiger partial charge in [0.15, 0.2) is 5.69 Å². The zero-order valence-corrected chi connectivity index (χ0v) is 47.0. The second-order valence-corrected chi connectivity index (χ2v) is 22.2. The minimum Gasteiger partial charge on any atom is -0.477 e. The normalized spacial score (nSPS) is 20.2. The summed E-state index contributed by atoms with van der Waals surface area (Å²) in [5.41, 5.74) is 4.50. The molecule has 19 nitrogen and oxygen atoms in total. The largest absolute Gasteiger partial charge is 0.477 e. The molecule has 6 saturated heterocycles. The lowest BCUT2D eigenvalue weighted by Gasteiger charge is -2.44. The molecular weight excluding hydrogens is 1110 g/mol. The van der Waals surface area contributed by atoms with Crippen molar-refractivity contribution in [1.29, 1.82) is 0 Å². The number of hydrogen-bond acceptors (Lipinski definition) is 13. The Bertz CT molecular complexity index is 2910. The number of carbonyl (C=O) groups is 4. The fraction of sp³-hybridized carbons (Fsp3) is 0.536. The van der Waals surface area contributed by atoms with Crippen molar-refractivity contribution in [3.8, 4) is 22.3 Å². The van der Waals surface area contributed by atoms with Gasteiger partial charge in [-0.05, 0) is 134 Å². The van der Waals surface area contributed by atoms with Gasteiger partial charge in [-0.15, -0.1) is 12.4 Å². The second-order valence-electron chi connectivity index (χ2n) is 22.2. The van der Waals surface area contributed by atoms with Crippen LogP contribution in [-0.2, 0) is 9.47 Å². The number of nitrogens with zero attached hydrogens (tertiary/aromatic N) is 7. The average molecular weight is 1180 g/mol. The van der Waals surface area contributed by atoms with E-state index in [1.807, 2.05) is 43.9 Å². The molecule has 2 atom stereocenters. The van der Waals surface area contributed by atoms with Gasteiger partial charge < -0.3 is 65.2 Å². The average Bonchev–Trinajstić information content (AvgIpc) is 4.23. The first-order valence-corrected chi connectivity index (χ1v) is 27.0. The summed E-state index contributed by atoms with van der Waals surface area (Å²) in [5, 5.41) is 37.1. The van der Waals surface area contributed by atoms with Crippen LogP contribution in [0.5, 0.6) is 0 Å². The number of benzene rings is 2. The van der Waals surface area contributed by atoms with Gasteiger partial charge in [0.25, 0.3) is 5.91 Å². The van der Waals surface area contributed by atoms with E-state index in [0.29, 0.717) is 94.0 Å². The molecule has 2 aromatic carbocycles. The first-order valence-electron chi connectivity index (χ1n) is 27.0.